The highest BCUT2D eigenvalue weighted by Gasteiger charge is 2.45. The van der Waals surface area contributed by atoms with Gasteiger partial charge >= 0.3 is 0 Å². The van der Waals surface area contributed by atoms with Crippen molar-refractivity contribution in [2.45, 2.75) is 37.6 Å². The van der Waals surface area contributed by atoms with Gasteiger partial charge in [-0.15, -0.1) is 0 Å². The van der Waals surface area contributed by atoms with E-state index < -0.39 is 37.3 Å². The number of rotatable bonds is 3. The van der Waals surface area contributed by atoms with Crippen molar-refractivity contribution in [1.29, 1.82) is 0 Å². The predicted octanol–water partition coefficient (Wildman–Crippen LogP) is -2.42. The second-order valence-corrected chi connectivity index (χ2v) is 3.66. The van der Waals surface area contributed by atoms with E-state index in [1.807, 2.05) is 0 Å². The number of amides is 1. The van der Waals surface area contributed by atoms with E-state index in [-0.39, 0.29) is 5.91 Å². The first-order valence-corrected chi connectivity index (χ1v) is 4.93. The Morgan fingerprint density at radius 1 is 1.50 bits per heavy atom. The predicted molar refractivity (Wildman–Crippen MR) is 52.4 cm³/mol. The molecule has 7 heteroatoms. The normalized spacial score (nSPS) is 39.4. The molecule has 0 radical (unpaired) electrons. The van der Waals surface area contributed by atoms with Crippen molar-refractivity contribution in [3.63, 3.8) is 0 Å². The Hall–Kier alpha value is -0.730. The van der Waals surface area contributed by atoms with Gasteiger partial charge in [-0.3, -0.25) is 4.79 Å². The number of carbonyl (C=O) groups excluding carboxylic acids is 1. The number of carbonyl (C=O) groups is 1. The molecule has 5 atom stereocenters. The maximum absolute atomic E-state index is 10.9. The van der Waals surface area contributed by atoms with E-state index in [4.69, 9.17) is 14.6 Å². The second-order valence-electron chi connectivity index (χ2n) is 3.66. The molecule has 0 bridgehead atoms. The third-order valence-electron chi connectivity index (χ3n) is 2.51. The molecular weight excluding hydrogens is 218 g/mol. The van der Waals surface area contributed by atoms with E-state index in [9.17, 15) is 15.0 Å². The molecule has 0 aromatic carbocycles. The van der Waals surface area contributed by atoms with E-state index in [1.165, 1.54) is 14.0 Å². The first kappa shape index (κ1) is 13.3. The minimum Gasteiger partial charge on any atom is -0.394 e. The lowest BCUT2D eigenvalue weighted by Gasteiger charge is -2.41. The summed E-state index contributed by atoms with van der Waals surface area (Å²) in [5.74, 6) is -0.371. The van der Waals surface area contributed by atoms with Crippen LogP contribution < -0.4 is 5.32 Å². The summed E-state index contributed by atoms with van der Waals surface area (Å²) in [4.78, 5) is 10.9. The molecule has 1 aliphatic rings. The topological polar surface area (TPSA) is 108 Å². The van der Waals surface area contributed by atoms with E-state index >= 15 is 0 Å². The average Bonchev–Trinajstić information content (AvgIpc) is 2.23. The summed E-state index contributed by atoms with van der Waals surface area (Å²) in [6.45, 7) is 0.842. The van der Waals surface area contributed by atoms with E-state index in [1.54, 1.807) is 0 Å². The number of hydrogen-bond donors (Lipinski definition) is 4. The van der Waals surface area contributed by atoms with Crippen LogP contribution in [0.2, 0.25) is 0 Å². The van der Waals surface area contributed by atoms with Gasteiger partial charge in [0.2, 0.25) is 5.91 Å². The van der Waals surface area contributed by atoms with Crippen LogP contribution in [-0.4, -0.2) is 65.6 Å². The van der Waals surface area contributed by atoms with Crippen LogP contribution in [0.1, 0.15) is 6.92 Å². The highest BCUT2D eigenvalue weighted by molar-refractivity contribution is 5.73. The Morgan fingerprint density at radius 3 is 2.56 bits per heavy atom. The molecule has 16 heavy (non-hydrogen) atoms. The third kappa shape index (κ3) is 2.69. The Labute approximate surface area is 93.0 Å². The van der Waals surface area contributed by atoms with Crippen LogP contribution in [0.4, 0.5) is 0 Å². The van der Waals surface area contributed by atoms with Crippen molar-refractivity contribution in [1.82, 2.24) is 5.32 Å². The molecule has 0 saturated carbocycles. The fourth-order valence-electron chi connectivity index (χ4n) is 1.76. The highest BCUT2D eigenvalue weighted by atomic mass is 16.6. The lowest BCUT2D eigenvalue weighted by atomic mass is 9.97. The Bertz CT molecular complexity index is 248. The molecule has 0 aliphatic carbocycles. The van der Waals surface area contributed by atoms with Crippen molar-refractivity contribution in [2.75, 3.05) is 13.7 Å². The Morgan fingerprint density at radius 2 is 2.12 bits per heavy atom. The van der Waals surface area contributed by atoms with Gasteiger partial charge in [0.15, 0.2) is 6.29 Å². The monoisotopic (exact) mass is 235 g/mol. The lowest BCUT2D eigenvalue weighted by molar-refractivity contribution is -0.258. The maximum Gasteiger partial charge on any atom is 0.217 e. The van der Waals surface area contributed by atoms with Crippen LogP contribution in [0, 0.1) is 0 Å². The quantitative estimate of drug-likeness (QED) is 0.433. The molecule has 1 fully saturated rings. The standard InChI is InChI=1S/C9H17NO6/c1-4(12)10-6-8(15-2)7(13)5(3-11)16-9(6)14/h5-9,11,13-14H,3H2,1-2H3,(H,10,12)/t5-,6-,7+,8-,9+/m1/s1. The molecule has 1 amide bonds. The summed E-state index contributed by atoms with van der Waals surface area (Å²) < 4.78 is 9.96. The molecule has 1 rings (SSSR count). The smallest absolute Gasteiger partial charge is 0.217 e. The Balaban J connectivity index is 2.78. The average molecular weight is 235 g/mol. The van der Waals surface area contributed by atoms with E-state index in [0.29, 0.717) is 0 Å². The highest BCUT2D eigenvalue weighted by Crippen LogP contribution is 2.21. The van der Waals surface area contributed by atoms with Gasteiger partial charge in [-0.2, -0.15) is 0 Å². The molecule has 1 saturated heterocycles. The zero-order valence-electron chi connectivity index (χ0n) is 9.16. The largest absolute Gasteiger partial charge is 0.394 e. The maximum atomic E-state index is 10.9. The minimum absolute atomic E-state index is 0.371. The summed E-state index contributed by atoms with van der Waals surface area (Å²) >= 11 is 0. The molecule has 0 aromatic rings. The molecule has 0 aromatic heterocycles. The number of hydrogen-bond acceptors (Lipinski definition) is 6. The SMILES string of the molecule is CO[C@H]1[C@@H](O)[C@@H](CO)O[C@H](O)[C@@H]1NC(C)=O. The third-order valence-corrected chi connectivity index (χ3v) is 2.51. The van der Waals surface area contributed by atoms with Gasteiger partial charge in [0.25, 0.3) is 0 Å². The van der Waals surface area contributed by atoms with Crippen molar-refractivity contribution in [3.8, 4) is 0 Å². The van der Waals surface area contributed by atoms with Gasteiger partial charge in [0.05, 0.1) is 6.61 Å². The summed E-state index contributed by atoms with van der Waals surface area (Å²) in [6.07, 6.45) is -4.19. The first-order chi connectivity index (χ1) is 7.51. The fourth-order valence-corrected chi connectivity index (χ4v) is 1.76. The van der Waals surface area contributed by atoms with Gasteiger partial charge < -0.3 is 30.1 Å². The van der Waals surface area contributed by atoms with E-state index in [2.05, 4.69) is 5.32 Å². The van der Waals surface area contributed by atoms with Crippen LogP contribution in [0.5, 0.6) is 0 Å². The Kier molecular flexibility index (Phi) is 4.63. The number of nitrogens with one attached hydrogen (secondary N) is 1. The lowest BCUT2D eigenvalue weighted by Crippen LogP contribution is -2.64. The van der Waals surface area contributed by atoms with Gasteiger partial charge in [-0.1, -0.05) is 0 Å². The van der Waals surface area contributed by atoms with Crippen LogP contribution in [0.15, 0.2) is 0 Å². The van der Waals surface area contributed by atoms with Crippen molar-refractivity contribution in [2.24, 2.45) is 0 Å². The number of ether oxygens (including phenoxy) is 2. The van der Waals surface area contributed by atoms with Gasteiger partial charge in [0, 0.05) is 14.0 Å². The summed E-state index contributed by atoms with van der Waals surface area (Å²) in [7, 11) is 1.34. The summed E-state index contributed by atoms with van der Waals surface area (Å²) in [5, 5.41) is 30.7. The van der Waals surface area contributed by atoms with Crippen LogP contribution in [0.3, 0.4) is 0 Å². The first-order valence-electron chi connectivity index (χ1n) is 4.93. The number of aliphatic hydroxyl groups is 3. The minimum atomic E-state index is -1.32. The molecule has 0 unspecified atom stereocenters. The molecule has 94 valence electrons. The summed E-state index contributed by atoms with van der Waals surface area (Å²) in [6, 6.07) is -0.861. The van der Waals surface area contributed by atoms with Crippen LogP contribution >= 0.6 is 0 Å². The molecule has 4 N–H and O–H groups in total. The van der Waals surface area contributed by atoms with Gasteiger partial charge in [0.1, 0.15) is 24.4 Å². The van der Waals surface area contributed by atoms with Crippen molar-refractivity contribution >= 4 is 5.91 Å². The molecular formula is C9H17NO6. The molecule has 7 nitrogen and oxygen atoms in total. The fraction of sp³-hybridized carbons (Fsp3) is 0.889. The van der Waals surface area contributed by atoms with Crippen LogP contribution in [-0.2, 0) is 14.3 Å². The van der Waals surface area contributed by atoms with E-state index in [0.717, 1.165) is 0 Å². The van der Waals surface area contributed by atoms with Crippen molar-refractivity contribution < 1.29 is 29.6 Å². The van der Waals surface area contributed by atoms with Crippen LogP contribution in [0.25, 0.3) is 0 Å². The molecule has 1 aliphatic heterocycles. The number of methoxy groups -OCH3 is 1. The van der Waals surface area contributed by atoms with Crippen molar-refractivity contribution in [3.05, 3.63) is 0 Å². The van der Waals surface area contributed by atoms with Gasteiger partial charge in [-0.05, 0) is 0 Å². The zero-order chi connectivity index (χ0) is 12.3. The zero-order valence-corrected chi connectivity index (χ0v) is 9.16. The molecule has 1 heterocycles. The second kappa shape index (κ2) is 5.55. The number of aliphatic hydroxyl groups excluding tert-OH is 3. The van der Waals surface area contributed by atoms with Gasteiger partial charge in [-0.25, -0.2) is 0 Å². The molecule has 0 spiro atoms. The summed E-state index contributed by atoms with van der Waals surface area (Å²) in [5.41, 5.74) is 0.